The lowest BCUT2D eigenvalue weighted by Crippen LogP contribution is -2.46. The maximum atomic E-state index is 11.8. The molecule has 2 saturated heterocycles. The second-order valence-electron chi connectivity index (χ2n) is 7.13. The second kappa shape index (κ2) is 7.95. The largest absolute Gasteiger partial charge is 0.450 e. The number of piperidine rings is 1. The smallest absolute Gasteiger partial charge is 0.409 e. The van der Waals surface area contributed by atoms with E-state index in [1.54, 1.807) is 0 Å². The molecular formula is C19H30N4O2. The predicted octanol–water partition coefficient (Wildman–Crippen LogP) is 2.68. The van der Waals surface area contributed by atoms with E-state index in [0.717, 1.165) is 56.8 Å². The van der Waals surface area contributed by atoms with Crippen molar-refractivity contribution in [1.82, 2.24) is 9.80 Å². The van der Waals surface area contributed by atoms with Crippen LogP contribution in [0.5, 0.6) is 0 Å². The topological polar surface area (TPSA) is 70.8 Å². The molecule has 3 rings (SSSR count). The van der Waals surface area contributed by atoms with Gasteiger partial charge in [-0.25, -0.2) is 4.79 Å². The van der Waals surface area contributed by atoms with Crippen molar-refractivity contribution in [3.63, 3.8) is 0 Å². The van der Waals surface area contributed by atoms with E-state index in [4.69, 9.17) is 10.5 Å². The van der Waals surface area contributed by atoms with Crippen LogP contribution in [0, 0.1) is 6.92 Å². The number of ether oxygens (including phenoxy) is 1. The zero-order chi connectivity index (χ0) is 17.8. The second-order valence-corrected chi connectivity index (χ2v) is 7.13. The van der Waals surface area contributed by atoms with Gasteiger partial charge in [-0.1, -0.05) is 6.07 Å². The zero-order valence-electron chi connectivity index (χ0n) is 15.3. The van der Waals surface area contributed by atoms with Crippen LogP contribution in [0.2, 0.25) is 0 Å². The van der Waals surface area contributed by atoms with Gasteiger partial charge < -0.3 is 20.7 Å². The standard InChI is InChI=1S/C19H30N4O2/c1-3-25-19(24)23-11-8-16(13-23)22-9-6-15(7-10-22)21-18-5-4-14(2)12-17(18)20/h4-5,12,15-16,21H,3,6-11,13,20H2,1-2H3/t16-/m0/s1. The molecule has 138 valence electrons. The molecule has 2 aliphatic rings. The Hall–Kier alpha value is -1.95. The van der Waals surface area contributed by atoms with E-state index in [-0.39, 0.29) is 6.09 Å². The molecule has 6 nitrogen and oxygen atoms in total. The normalized spacial score (nSPS) is 22.2. The van der Waals surface area contributed by atoms with Gasteiger partial charge in [0.05, 0.1) is 18.0 Å². The van der Waals surface area contributed by atoms with Crippen molar-refractivity contribution in [2.75, 3.05) is 43.8 Å². The molecule has 1 amide bonds. The van der Waals surface area contributed by atoms with E-state index >= 15 is 0 Å². The summed E-state index contributed by atoms with van der Waals surface area (Å²) >= 11 is 0. The molecule has 1 atom stereocenters. The first-order chi connectivity index (χ1) is 12.1. The summed E-state index contributed by atoms with van der Waals surface area (Å²) in [6.45, 7) is 8.07. The molecule has 2 heterocycles. The van der Waals surface area contributed by atoms with E-state index in [1.807, 2.05) is 17.9 Å². The summed E-state index contributed by atoms with van der Waals surface area (Å²) in [5.74, 6) is 0. The Morgan fingerprint density at radius 2 is 2.04 bits per heavy atom. The van der Waals surface area contributed by atoms with Crippen LogP contribution in [0.15, 0.2) is 18.2 Å². The summed E-state index contributed by atoms with van der Waals surface area (Å²) in [6, 6.07) is 7.11. The molecule has 2 aliphatic heterocycles. The molecule has 3 N–H and O–H groups in total. The molecular weight excluding hydrogens is 316 g/mol. The number of benzene rings is 1. The first-order valence-corrected chi connectivity index (χ1v) is 9.35. The molecule has 0 saturated carbocycles. The van der Waals surface area contributed by atoms with Gasteiger partial charge in [0.1, 0.15) is 0 Å². The van der Waals surface area contributed by atoms with Gasteiger partial charge in [-0.2, -0.15) is 0 Å². The summed E-state index contributed by atoms with van der Waals surface area (Å²) in [5, 5.41) is 3.60. The minimum atomic E-state index is -0.170. The summed E-state index contributed by atoms with van der Waals surface area (Å²) in [7, 11) is 0. The number of hydrogen-bond acceptors (Lipinski definition) is 5. The lowest BCUT2D eigenvalue weighted by Gasteiger charge is -2.36. The molecule has 1 aromatic carbocycles. The third kappa shape index (κ3) is 4.37. The number of aryl methyl sites for hydroxylation is 1. The number of nitrogens with two attached hydrogens (primary N) is 1. The number of rotatable bonds is 4. The molecule has 0 aliphatic carbocycles. The number of likely N-dealkylation sites (tertiary alicyclic amines) is 2. The van der Waals surface area contributed by atoms with Gasteiger partial charge in [-0.3, -0.25) is 4.90 Å². The maximum Gasteiger partial charge on any atom is 0.409 e. The van der Waals surface area contributed by atoms with E-state index in [2.05, 4.69) is 29.3 Å². The van der Waals surface area contributed by atoms with Crippen molar-refractivity contribution in [1.29, 1.82) is 0 Å². The predicted molar refractivity (Wildman–Crippen MR) is 101 cm³/mol. The summed E-state index contributed by atoms with van der Waals surface area (Å²) in [5.41, 5.74) is 9.16. The summed E-state index contributed by atoms with van der Waals surface area (Å²) < 4.78 is 5.11. The first-order valence-electron chi connectivity index (χ1n) is 9.35. The van der Waals surface area contributed by atoms with E-state index in [9.17, 15) is 4.79 Å². The average Bonchev–Trinajstić information content (AvgIpc) is 3.08. The van der Waals surface area contributed by atoms with Gasteiger partial charge in [-0.15, -0.1) is 0 Å². The van der Waals surface area contributed by atoms with Crippen molar-refractivity contribution in [3.05, 3.63) is 23.8 Å². The first kappa shape index (κ1) is 17.9. The van der Waals surface area contributed by atoms with Crippen LogP contribution in [0.3, 0.4) is 0 Å². The Morgan fingerprint density at radius 3 is 2.72 bits per heavy atom. The van der Waals surface area contributed by atoms with Gasteiger partial charge in [-0.05, 0) is 50.8 Å². The van der Waals surface area contributed by atoms with Crippen LogP contribution in [0.1, 0.15) is 31.7 Å². The van der Waals surface area contributed by atoms with Crippen LogP contribution < -0.4 is 11.1 Å². The fourth-order valence-electron chi connectivity index (χ4n) is 3.86. The number of carbonyl (C=O) groups is 1. The van der Waals surface area contributed by atoms with Crippen LogP contribution >= 0.6 is 0 Å². The highest BCUT2D eigenvalue weighted by Crippen LogP contribution is 2.25. The van der Waals surface area contributed by atoms with Crippen molar-refractivity contribution in [2.45, 2.75) is 45.2 Å². The third-order valence-electron chi connectivity index (χ3n) is 5.30. The van der Waals surface area contributed by atoms with E-state index in [1.165, 1.54) is 5.56 Å². The molecule has 0 bridgehead atoms. The third-order valence-corrected chi connectivity index (χ3v) is 5.30. The van der Waals surface area contributed by atoms with Crippen LogP contribution in [-0.2, 0) is 4.74 Å². The molecule has 2 fully saturated rings. The minimum Gasteiger partial charge on any atom is -0.450 e. The minimum absolute atomic E-state index is 0.170. The van der Waals surface area contributed by atoms with Crippen molar-refractivity contribution < 1.29 is 9.53 Å². The van der Waals surface area contributed by atoms with E-state index < -0.39 is 0 Å². The molecule has 1 aromatic rings. The fourth-order valence-corrected chi connectivity index (χ4v) is 3.86. The molecule has 6 heteroatoms. The Morgan fingerprint density at radius 1 is 1.28 bits per heavy atom. The molecule has 0 aromatic heterocycles. The fraction of sp³-hybridized carbons (Fsp3) is 0.632. The number of carbonyl (C=O) groups excluding carboxylic acids is 1. The monoisotopic (exact) mass is 346 g/mol. The molecule has 0 unspecified atom stereocenters. The highest BCUT2D eigenvalue weighted by atomic mass is 16.6. The van der Waals surface area contributed by atoms with Crippen LogP contribution in [0.4, 0.5) is 16.2 Å². The number of nitrogen functional groups attached to an aromatic ring is 1. The van der Waals surface area contributed by atoms with Crippen molar-refractivity contribution in [3.8, 4) is 0 Å². The lowest BCUT2D eigenvalue weighted by atomic mass is 10.0. The van der Waals surface area contributed by atoms with Gasteiger partial charge in [0.2, 0.25) is 0 Å². The summed E-state index contributed by atoms with van der Waals surface area (Å²) in [6.07, 6.45) is 3.07. The molecule has 25 heavy (non-hydrogen) atoms. The molecule has 0 spiro atoms. The molecule has 0 radical (unpaired) electrons. The van der Waals surface area contributed by atoms with Crippen LogP contribution in [0.25, 0.3) is 0 Å². The SMILES string of the molecule is CCOC(=O)N1CC[C@H](N2CCC(Nc3ccc(C)cc3N)CC2)C1. The number of amides is 1. The van der Waals surface area contributed by atoms with Gasteiger partial charge in [0.15, 0.2) is 0 Å². The quantitative estimate of drug-likeness (QED) is 0.820. The number of nitrogens with one attached hydrogen (secondary N) is 1. The van der Waals surface area contributed by atoms with Gasteiger partial charge in [0.25, 0.3) is 0 Å². The number of nitrogens with zero attached hydrogens (tertiary/aromatic N) is 2. The number of anilines is 2. The Balaban J connectivity index is 1.47. The van der Waals surface area contributed by atoms with E-state index in [0.29, 0.717) is 18.7 Å². The summed E-state index contributed by atoms with van der Waals surface area (Å²) in [4.78, 5) is 16.2. The van der Waals surface area contributed by atoms with Gasteiger partial charge in [0, 0.05) is 38.3 Å². The lowest BCUT2D eigenvalue weighted by molar-refractivity contribution is 0.108. The Kier molecular flexibility index (Phi) is 5.68. The highest BCUT2D eigenvalue weighted by molar-refractivity contribution is 5.68. The number of hydrogen-bond donors (Lipinski definition) is 2. The van der Waals surface area contributed by atoms with Crippen LogP contribution in [-0.4, -0.2) is 60.8 Å². The van der Waals surface area contributed by atoms with Crippen molar-refractivity contribution >= 4 is 17.5 Å². The maximum absolute atomic E-state index is 11.8. The Bertz CT molecular complexity index is 599. The highest BCUT2D eigenvalue weighted by Gasteiger charge is 2.33. The van der Waals surface area contributed by atoms with Crippen molar-refractivity contribution in [2.24, 2.45) is 0 Å². The Labute approximate surface area is 150 Å². The zero-order valence-corrected chi connectivity index (χ0v) is 15.3. The van der Waals surface area contributed by atoms with Gasteiger partial charge >= 0.3 is 6.09 Å². The average molecular weight is 346 g/mol.